The summed E-state index contributed by atoms with van der Waals surface area (Å²) in [6.07, 6.45) is 7.12. The van der Waals surface area contributed by atoms with Crippen LogP contribution in [0.15, 0.2) is 48.5 Å². The van der Waals surface area contributed by atoms with Gasteiger partial charge in [0, 0.05) is 44.0 Å². The van der Waals surface area contributed by atoms with Crippen molar-refractivity contribution in [3.05, 3.63) is 59.7 Å². The molecule has 0 atom stereocenters. The van der Waals surface area contributed by atoms with E-state index in [9.17, 15) is 9.59 Å². The number of carbonyl (C=O) groups excluding carboxylic acids is 2. The van der Waals surface area contributed by atoms with Crippen LogP contribution in [0.5, 0.6) is 0 Å². The van der Waals surface area contributed by atoms with E-state index in [1.54, 1.807) is 0 Å². The van der Waals surface area contributed by atoms with E-state index >= 15 is 0 Å². The molecule has 4 rings (SSSR count). The molecule has 0 bridgehead atoms. The quantitative estimate of drug-likeness (QED) is 0.545. The highest BCUT2D eigenvalue weighted by Gasteiger charge is 2.27. The monoisotopic (exact) mass is 475 g/mol. The Kier molecular flexibility index (Phi) is 8.15. The van der Waals surface area contributed by atoms with Gasteiger partial charge >= 0.3 is 0 Å². The zero-order chi connectivity index (χ0) is 24.8. The summed E-state index contributed by atoms with van der Waals surface area (Å²) >= 11 is 0. The summed E-state index contributed by atoms with van der Waals surface area (Å²) < 4.78 is 0. The van der Waals surface area contributed by atoms with Crippen LogP contribution in [0.25, 0.3) is 0 Å². The molecule has 2 aliphatic heterocycles. The van der Waals surface area contributed by atoms with E-state index in [1.165, 1.54) is 12.0 Å². The number of anilines is 2. The number of hydrogen-bond donors (Lipinski definition) is 1. The number of carbonyl (C=O) groups is 2. The molecule has 2 saturated heterocycles. The lowest BCUT2D eigenvalue weighted by molar-refractivity contribution is -0.117. The molecule has 2 amide bonds. The molecule has 2 fully saturated rings. The van der Waals surface area contributed by atoms with Gasteiger partial charge in [0.1, 0.15) is 0 Å². The fraction of sp³-hybridized carbons (Fsp3) is 0.533. The second-order valence-corrected chi connectivity index (χ2v) is 11.5. The van der Waals surface area contributed by atoms with Gasteiger partial charge in [0.15, 0.2) is 0 Å². The summed E-state index contributed by atoms with van der Waals surface area (Å²) in [5, 5.41) is 3.03. The zero-order valence-electron chi connectivity index (χ0n) is 21.7. The molecule has 0 saturated carbocycles. The predicted molar refractivity (Wildman–Crippen MR) is 144 cm³/mol. The Balaban J connectivity index is 1.50. The molecule has 5 nitrogen and oxygen atoms in total. The molecule has 1 N–H and O–H groups in total. The van der Waals surface area contributed by atoms with Crippen LogP contribution >= 0.6 is 0 Å². The number of benzene rings is 2. The number of piperidine rings is 2. The molecule has 188 valence electrons. The SMILES string of the molecule is CC(C)(C)CC(=O)Nc1ccc(N2CCC(Cc3ccccc3)CC2)c(C(=O)N2CCCCC2)c1. The average molecular weight is 476 g/mol. The van der Waals surface area contributed by atoms with Gasteiger partial charge in [-0.15, -0.1) is 0 Å². The molecule has 0 aromatic heterocycles. The summed E-state index contributed by atoms with van der Waals surface area (Å²) in [5.74, 6) is 0.757. The smallest absolute Gasteiger partial charge is 0.256 e. The van der Waals surface area contributed by atoms with E-state index in [0.29, 0.717) is 18.0 Å². The van der Waals surface area contributed by atoms with E-state index in [0.717, 1.165) is 69.5 Å². The predicted octanol–water partition coefficient (Wildman–Crippen LogP) is 6.15. The molecule has 5 heteroatoms. The van der Waals surface area contributed by atoms with Crippen LogP contribution in [-0.4, -0.2) is 42.9 Å². The highest BCUT2D eigenvalue weighted by Crippen LogP contribution is 2.32. The Morgan fingerprint density at radius 2 is 1.60 bits per heavy atom. The lowest BCUT2D eigenvalue weighted by atomic mass is 9.89. The molecular formula is C30H41N3O2. The molecule has 0 spiro atoms. The molecule has 2 aliphatic rings. The summed E-state index contributed by atoms with van der Waals surface area (Å²) in [7, 11) is 0. The minimum atomic E-state index is -0.0828. The molecular weight excluding hydrogens is 434 g/mol. The lowest BCUT2D eigenvalue weighted by Crippen LogP contribution is -2.39. The third kappa shape index (κ3) is 7.09. The van der Waals surface area contributed by atoms with Crippen LogP contribution in [0.4, 0.5) is 11.4 Å². The van der Waals surface area contributed by atoms with E-state index in [2.05, 4.69) is 61.3 Å². The molecule has 2 aromatic carbocycles. The second kappa shape index (κ2) is 11.3. The molecule has 2 aromatic rings. The van der Waals surface area contributed by atoms with Gasteiger partial charge in [-0.3, -0.25) is 9.59 Å². The fourth-order valence-corrected chi connectivity index (χ4v) is 5.34. The van der Waals surface area contributed by atoms with Crippen molar-refractivity contribution in [3.8, 4) is 0 Å². The van der Waals surface area contributed by atoms with Gasteiger partial charge in [0.25, 0.3) is 5.91 Å². The summed E-state index contributed by atoms with van der Waals surface area (Å²) in [5.41, 5.74) is 3.76. The van der Waals surface area contributed by atoms with Crippen molar-refractivity contribution in [2.75, 3.05) is 36.4 Å². The fourth-order valence-electron chi connectivity index (χ4n) is 5.34. The van der Waals surface area contributed by atoms with Crippen molar-refractivity contribution in [2.24, 2.45) is 11.3 Å². The Bertz CT molecular complexity index is 998. The maximum atomic E-state index is 13.6. The van der Waals surface area contributed by atoms with Crippen LogP contribution in [-0.2, 0) is 11.2 Å². The van der Waals surface area contributed by atoms with Crippen molar-refractivity contribution in [2.45, 2.75) is 65.7 Å². The van der Waals surface area contributed by atoms with Crippen LogP contribution in [0.3, 0.4) is 0 Å². The first kappa shape index (κ1) is 25.3. The Morgan fingerprint density at radius 3 is 2.26 bits per heavy atom. The van der Waals surface area contributed by atoms with E-state index in [-0.39, 0.29) is 17.2 Å². The van der Waals surface area contributed by atoms with Gasteiger partial charge in [-0.2, -0.15) is 0 Å². The zero-order valence-corrected chi connectivity index (χ0v) is 21.7. The van der Waals surface area contributed by atoms with Gasteiger partial charge < -0.3 is 15.1 Å². The third-order valence-electron chi connectivity index (χ3n) is 7.17. The molecule has 0 aliphatic carbocycles. The van der Waals surface area contributed by atoms with Crippen molar-refractivity contribution in [1.82, 2.24) is 4.90 Å². The Labute approximate surface area is 210 Å². The first-order valence-electron chi connectivity index (χ1n) is 13.3. The highest BCUT2D eigenvalue weighted by molar-refractivity contribution is 6.02. The largest absolute Gasteiger partial charge is 0.371 e. The van der Waals surface area contributed by atoms with Gasteiger partial charge in [0.05, 0.1) is 5.56 Å². The highest BCUT2D eigenvalue weighted by atomic mass is 16.2. The minimum Gasteiger partial charge on any atom is -0.371 e. The van der Waals surface area contributed by atoms with Crippen molar-refractivity contribution >= 4 is 23.2 Å². The topological polar surface area (TPSA) is 52.7 Å². The first-order valence-corrected chi connectivity index (χ1v) is 13.3. The summed E-state index contributed by atoms with van der Waals surface area (Å²) in [6, 6.07) is 16.6. The number of nitrogens with zero attached hydrogens (tertiary/aromatic N) is 2. The van der Waals surface area contributed by atoms with Crippen LogP contribution in [0.1, 0.15) is 75.2 Å². The van der Waals surface area contributed by atoms with Crippen LogP contribution in [0, 0.1) is 11.3 Å². The maximum absolute atomic E-state index is 13.6. The minimum absolute atomic E-state index is 0.0108. The summed E-state index contributed by atoms with van der Waals surface area (Å²) in [6.45, 7) is 9.71. The normalized spacial score (nSPS) is 17.3. The Morgan fingerprint density at radius 1 is 0.914 bits per heavy atom. The Hall–Kier alpha value is -2.82. The van der Waals surface area contributed by atoms with Crippen molar-refractivity contribution in [3.63, 3.8) is 0 Å². The molecule has 2 heterocycles. The standard InChI is InChI=1S/C30H41N3O2/c1-30(2,3)22-28(34)31-25-12-13-27(26(21-25)29(35)33-16-8-5-9-17-33)32-18-14-24(15-19-32)20-23-10-6-4-7-11-23/h4,6-7,10-13,21,24H,5,8-9,14-20,22H2,1-3H3,(H,31,34). The maximum Gasteiger partial charge on any atom is 0.256 e. The number of nitrogens with one attached hydrogen (secondary N) is 1. The molecule has 0 radical (unpaired) electrons. The van der Waals surface area contributed by atoms with Crippen LogP contribution < -0.4 is 10.2 Å². The van der Waals surface area contributed by atoms with Gasteiger partial charge in [-0.05, 0) is 73.6 Å². The van der Waals surface area contributed by atoms with E-state index in [4.69, 9.17) is 0 Å². The van der Waals surface area contributed by atoms with Crippen LogP contribution in [0.2, 0.25) is 0 Å². The third-order valence-corrected chi connectivity index (χ3v) is 7.17. The number of likely N-dealkylation sites (tertiary alicyclic amines) is 1. The van der Waals surface area contributed by atoms with E-state index < -0.39 is 0 Å². The number of amides is 2. The van der Waals surface area contributed by atoms with Crippen molar-refractivity contribution in [1.29, 1.82) is 0 Å². The molecule has 0 unspecified atom stereocenters. The number of rotatable bonds is 6. The van der Waals surface area contributed by atoms with Gasteiger partial charge in [0.2, 0.25) is 5.91 Å². The summed E-state index contributed by atoms with van der Waals surface area (Å²) in [4.78, 5) is 30.6. The first-order chi connectivity index (χ1) is 16.8. The van der Waals surface area contributed by atoms with Gasteiger partial charge in [-0.25, -0.2) is 0 Å². The lowest BCUT2D eigenvalue weighted by Gasteiger charge is -2.36. The van der Waals surface area contributed by atoms with Crippen molar-refractivity contribution < 1.29 is 9.59 Å². The van der Waals surface area contributed by atoms with E-state index in [1.807, 2.05) is 23.1 Å². The average Bonchev–Trinajstić information content (AvgIpc) is 2.84. The second-order valence-electron chi connectivity index (χ2n) is 11.5. The van der Waals surface area contributed by atoms with Gasteiger partial charge in [-0.1, -0.05) is 51.1 Å². The molecule has 35 heavy (non-hydrogen) atoms. The number of hydrogen-bond acceptors (Lipinski definition) is 3.